The van der Waals surface area contributed by atoms with Gasteiger partial charge in [0.2, 0.25) is 5.91 Å². The van der Waals surface area contributed by atoms with Crippen molar-refractivity contribution in [2.75, 3.05) is 13.1 Å². The SMILES string of the molecule is CC(NC(C)c1ccc(I)cc1)C(=O)N1CCCCC1. The van der Waals surface area contributed by atoms with E-state index < -0.39 is 0 Å². The summed E-state index contributed by atoms with van der Waals surface area (Å²) in [5.41, 5.74) is 1.23. The van der Waals surface area contributed by atoms with E-state index in [0.717, 1.165) is 25.9 Å². The zero-order chi connectivity index (χ0) is 14.5. The third kappa shape index (κ3) is 4.19. The van der Waals surface area contributed by atoms with Crippen LogP contribution in [0.5, 0.6) is 0 Å². The second kappa shape index (κ2) is 7.41. The van der Waals surface area contributed by atoms with Crippen LogP contribution in [-0.4, -0.2) is 29.9 Å². The molecule has 2 rings (SSSR count). The molecular formula is C16H23IN2O. The summed E-state index contributed by atoms with van der Waals surface area (Å²) in [4.78, 5) is 14.4. The Morgan fingerprint density at radius 2 is 1.75 bits per heavy atom. The van der Waals surface area contributed by atoms with Crippen molar-refractivity contribution < 1.29 is 4.79 Å². The number of hydrogen-bond acceptors (Lipinski definition) is 2. The third-order valence-corrected chi connectivity index (χ3v) is 4.63. The maximum atomic E-state index is 12.4. The Morgan fingerprint density at radius 1 is 1.15 bits per heavy atom. The average Bonchev–Trinajstić information content (AvgIpc) is 2.48. The van der Waals surface area contributed by atoms with Crippen LogP contribution in [-0.2, 0) is 4.79 Å². The van der Waals surface area contributed by atoms with Gasteiger partial charge in [-0.2, -0.15) is 0 Å². The van der Waals surface area contributed by atoms with Crippen molar-refractivity contribution in [3.8, 4) is 0 Å². The zero-order valence-electron chi connectivity index (χ0n) is 12.2. The van der Waals surface area contributed by atoms with E-state index in [2.05, 4.69) is 59.1 Å². The van der Waals surface area contributed by atoms with E-state index in [9.17, 15) is 4.79 Å². The molecule has 0 aromatic heterocycles. The molecule has 1 amide bonds. The molecule has 2 unspecified atom stereocenters. The predicted octanol–water partition coefficient (Wildman–Crippen LogP) is 3.34. The van der Waals surface area contributed by atoms with Crippen molar-refractivity contribution in [3.63, 3.8) is 0 Å². The van der Waals surface area contributed by atoms with Crippen LogP contribution in [0.2, 0.25) is 0 Å². The highest BCUT2D eigenvalue weighted by atomic mass is 127. The van der Waals surface area contributed by atoms with Crippen LogP contribution in [0.4, 0.5) is 0 Å². The van der Waals surface area contributed by atoms with Crippen molar-refractivity contribution in [3.05, 3.63) is 33.4 Å². The monoisotopic (exact) mass is 386 g/mol. The zero-order valence-corrected chi connectivity index (χ0v) is 14.4. The molecule has 20 heavy (non-hydrogen) atoms. The number of piperidine rings is 1. The first-order valence-corrected chi connectivity index (χ1v) is 8.46. The van der Waals surface area contributed by atoms with Crippen LogP contribution < -0.4 is 5.32 Å². The maximum absolute atomic E-state index is 12.4. The van der Waals surface area contributed by atoms with Crippen LogP contribution in [0.15, 0.2) is 24.3 Å². The minimum atomic E-state index is -0.123. The molecule has 110 valence electrons. The van der Waals surface area contributed by atoms with E-state index in [-0.39, 0.29) is 18.0 Å². The molecule has 1 aliphatic heterocycles. The van der Waals surface area contributed by atoms with Gasteiger partial charge < -0.3 is 4.90 Å². The molecule has 1 N–H and O–H groups in total. The number of amides is 1. The van der Waals surface area contributed by atoms with E-state index in [1.165, 1.54) is 15.6 Å². The lowest BCUT2D eigenvalue weighted by molar-refractivity contribution is -0.134. The molecule has 0 bridgehead atoms. The minimum absolute atomic E-state index is 0.123. The Hall–Kier alpha value is -0.620. The summed E-state index contributed by atoms with van der Waals surface area (Å²) in [5.74, 6) is 0.238. The number of carbonyl (C=O) groups is 1. The predicted molar refractivity (Wildman–Crippen MR) is 90.6 cm³/mol. The van der Waals surface area contributed by atoms with Crippen molar-refractivity contribution in [1.29, 1.82) is 0 Å². The quantitative estimate of drug-likeness (QED) is 0.806. The van der Waals surface area contributed by atoms with Crippen molar-refractivity contribution in [1.82, 2.24) is 10.2 Å². The molecule has 1 saturated heterocycles. The number of nitrogens with zero attached hydrogens (tertiary/aromatic N) is 1. The van der Waals surface area contributed by atoms with Crippen LogP contribution >= 0.6 is 22.6 Å². The van der Waals surface area contributed by atoms with E-state index in [0.29, 0.717) is 0 Å². The molecule has 4 heteroatoms. The summed E-state index contributed by atoms with van der Waals surface area (Å²) >= 11 is 2.30. The van der Waals surface area contributed by atoms with E-state index in [4.69, 9.17) is 0 Å². The van der Waals surface area contributed by atoms with Crippen LogP contribution in [0.25, 0.3) is 0 Å². The highest BCUT2D eigenvalue weighted by Crippen LogP contribution is 2.16. The van der Waals surface area contributed by atoms with Gasteiger partial charge in [-0.3, -0.25) is 10.1 Å². The Morgan fingerprint density at radius 3 is 2.35 bits per heavy atom. The molecule has 2 atom stereocenters. The van der Waals surface area contributed by atoms with Crippen LogP contribution in [0.3, 0.4) is 0 Å². The van der Waals surface area contributed by atoms with Gasteiger partial charge in [-0.05, 0) is 73.4 Å². The highest BCUT2D eigenvalue weighted by Gasteiger charge is 2.23. The van der Waals surface area contributed by atoms with Gasteiger partial charge >= 0.3 is 0 Å². The summed E-state index contributed by atoms with van der Waals surface area (Å²) in [6.45, 7) is 5.92. The fourth-order valence-electron chi connectivity index (χ4n) is 2.68. The molecule has 0 spiro atoms. The van der Waals surface area contributed by atoms with Gasteiger partial charge in [-0.15, -0.1) is 0 Å². The summed E-state index contributed by atoms with van der Waals surface area (Å²) in [7, 11) is 0. The number of carbonyl (C=O) groups excluding carboxylic acids is 1. The number of benzene rings is 1. The van der Waals surface area contributed by atoms with Crippen molar-refractivity contribution >= 4 is 28.5 Å². The van der Waals surface area contributed by atoms with Crippen LogP contribution in [0.1, 0.15) is 44.7 Å². The largest absolute Gasteiger partial charge is 0.341 e. The number of likely N-dealkylation sites (tertiary alicyclic amines) is 1. The van der Waals surface area contributed by atoms with Crippen molar-refractivity contribution in [2.24, 2.45) is 0 Å². The lowest BCUT2D eigenvalue weighted by Crippen LogP contribution is -2.47. The number of halogens is 1. The lowest BCUT2D eigenvalue weighted by Gasteiger charge is -2.30. The van der Waals surface area contributed by atoms with Crippen LogP contribution in [0, 0.1) is 3.57 Å². The standard InChI is InChI=1S/C16H23IN2O/c1-12(14-6-8-15(17)9-7-14)18-13(2)16(20)19-10-4-3-5-11-19/h6-9,12-13,18H,3-5,10-11H2,1-2H3. The van der Waals surface area contributed by atoms with E-state index in [1.807, 2.05) is 11.8 Å². The van der Waals surface area contributed by atoms with Gasteiger partial charge in [0.1, 0.15) is 0 Å². The Bertz CT molecular complexity index is 440. The number of nitrogens with one attached hydrogen (secondary N) is 1. The van der Waals surface area contributed by atoms with Gasteiger partial charge in [-0.25, -0.2) is 0 Å². The Kier molecular flexibility index (Phi) is 5.84. The maximum Gasteiger partial charge on any atom is 0.239 e. The topological polar surface area (TPSA) is 32.3 Å². The second-order valence-corrected chi connectivity index (χ2v) is 6.79. The first-order chi connectivity index (χ1) is 9.58. The molecule has 0 saturated carbocycles. The third-order valence-electron chi connectivity index (χ3n) is 3.91. The highest BCUT2D eigenvalue weighted by molar-refractivity contribution is 14.1. The lowest BCUT2D eigenvalue weighted by atomic mass is 10.1. The van der Waals surface area contributed by atoms with Gasteiger partial charge in [0.15, 0.2) is 0 Å². The van der Waals surface area contributed by atoms with Gasteiger partial charge in [-0.1, -0.05) is 12.1 Å². The van der Waals surface area contributed by atoms with E-state index in [1.54, 1.807) is 0 Å². The number of rotatable bonds is 4. The first-order valence-electron chi connectivity index (χ1n) is 7.38. The molecule has 0 radical (unpaired) electrons. The molecule has 1 aromatic carbocycles. The average molecular weight is 386 g/mol. The fourth-order valence-corrected chi connectivity index (χ4v) is 3.04. The van der Waals surface area contributed by atoms with Gasteiger partial charge in [0, 0.05) is 22.7 Å². The van der Waals surface area contributed by atoms with Gasteiger partial charge in [0.25, 0.3) is 0 Å². The first kappa shape index (κ1) is 15.8. The molecule has 3 nitrogen and oxygen atoms in total. The number of hydrogen-bond donors (Lipinski definition) is 1. The second-order valence-electron chi connectivity index (χ2n) is 5.55. The van der Waals surface area contributed by atoms with Gasteiger partial charge in [0.05, 0.1) is 6.04 Å². The van der Waals surface area contributed by atoms with Crippen molar-refractivity contribution in [2.45, 2.75) is 45.2 Å². The fraction of sp³-hybridized carbons (Fsp3) is 0.562. The Balaban J connectivity index is 1.91. The normalized spacial score (nSPS) is 18.6. The summed E-state index contributed by atoms with van der Waals surface area (Å²) in [5, 5.41) is 3.42. The molecule has 1 fully saturated rings. The molecule has 1 aromatic rings. The minimum Gasteiger partial charge on any atom is -0.341 e. The summed E-state index contributed by atoms with van der Waals surface area (Å²) in [6.07, 6.45) is 3.54. The molecule has 1 heterocycles. The summed E-state index contributed by atoms with van der Waals surface area (Å²) in [6, 6.07) is 8.52. The summed E-state index contributed by atoms with van der Waals surface area (Å²) < 4.78 is 1.23. The molecule has 1 aliphatic rings. The molecular weight excluding hydrogens is 363 g/mol. The van der Waals surface area contributed by atoms with E-state index >= 15 is 0 Å². The molecule has 0 aliphatic carbocycles. The smallest absolute Gasteiger partial charge is 0.239 e. The Labute approximate surface area is 135 Å².